The predicted octanol–water partition coefficient (Wildman–Crippen LogP) is 2.70. The van der Waals surface area contributed by atoms with Gasteiger partial charge in [-0.25, -0.2) is 3.96 Å². The summed E-state index contributed by atoms with van der Waals surface area (Å²) >= 11 is 6.44. The molecule has 4 nitrogen and oxygen atoms in total. The predicted molar refractivity (Wildman–Crippen MR) is 89.9 cm³/mol. The first-order chi connectivity index (χ1) is 10.1. The molecular weight excluding hydrogens is 304 g/mol. The van der Waals surface area contributed by atoms with Crippen LogP contribution in [0, 0.1) is 0 Å². The molecule has 0 saturated heterocycles. The highest BCUT2D eigenvalue weighted by Crippen LogP contribution is 2.29. The average molecular weight is 316 g/mol. The lowest BCUT2D eigenvalue weighted by Crippen LogP contribution is -2.18. The SMILES string of the molecule is COc1cccc(C(N)=S)c1-n1sc2ccccc2c1=O. The topological polar surface area (TPSA) is 57.2 Å². The average Bonchev–Trinajstić information content (AvgIpc) is 2.83. The van der Waals surface area contributed by atoms with Crippen LogP contribution in [0.4, 0.5) is 0 Å². The molecule has 2 aromatic carbocycles. The Hall–Kier alpha value is -2.18. The number of para-hydroxylation sites is 1. The standard InChI is InChI=1S/C15H12N2O2S2/c1-19-11-7-4-6-10(14(16)20)13(11)17-15(18)9-5-2-3-8-12(9)21-17/h2-8H,1H3,(H2,16,20). The Morgan fingerprint density at radius 3 is 2.67 bits per heavy atom. The number of hydrogen-bond acceptors (Lipinski definition) is 4. The van der Waals surface area contributed by atoms with Crippen molar-refractivity contribution in [3.63, 3.8) is 0 Å². The summed E-state index contributed by atoms with van der Waals surface area (Å²) < 4.78 is 7.86. The van der Waals surface area contributed by atoms with Crippen molar-refractivity contribution in [3.8, 4) is 11.4 Å². The second-order valence-electron chi connectivity index (χ2n) is 4.41. The number of rotatable bonds is 3. The molecule has 0 aliphatic carbocycles. The molecule has 0 amide bonds. The largest absolute Gasteiger partial charge is 0.494 e. The van der Waals surface area contributed by atoms with E-state index >= 15 is 0 Å². The second-order valence-corrected chi connectivity index (χ2v) is 5.84. The van der Waals surface area contributed by atoms with Crippen molar-refractivity contribution in [1.82, 2.24) is 3.96 Å². The molecule has 6 heteroatoms. The maximum absolute atomic E-state index is 12.6. The van der Waals surface area contributed by atoms with Crippen LogP contribution < -0.4 is 16.0 Å². The minimum absolute atomic E-state index is 0.0994. The lowest BCUT2D eigenvalue weighted by atomic mass is 10.1. The first-order valence-electron chi connectivity index (χ1n) is 6.21. The number of aromatic nitrogens is 1. The summed E-state index contributed by atoms with van der Waals surface area (Å²) in [6, 6.07) is 12.8. The molecule has 0 bridgehead atoms. The van der Waals surface area contributed by atoms with Gasteiger partial charge in [0.15, 0.2) is 0 Å². The summed E-state index contributed by atoms with van der Waals surface area (Å²) in [7, 11) is 1.56. The quantitative estimate of drug-likeness (QED) is 0.755. The first kappa shape index (κ1) is 13.8. The summed E-state index contributed by atoms with van der Waals surface area (Å²) in [6.45, 7) is 0. The highest BCUT2D eigenvalue weighted by atomic mass is 32.1. The third kappa shape index (κ3) is 2.22. The number of benzene rings is 2. The second kappa shape index (κ2) is 5.31. The van der Waals surface area contributed by atoms with Gasteiger partial charge in [0.05, 0.1) is 17.2 Å². The molecule has 0 saturated carbocycles. The van der Waals surface area contributed by atoms with E-state index in [-0.39, 0.29) is 10.5 Å². The fourth-order valence-corrected chi connectivity index (χ4v) is 3.43. The van der Waals surface area contributed by atoms with Gasteiger partial charge >= 0.3 is 0 Å². The number of ether oxygens (including phenoxy) is 1. The zero-order valence-electron chi connectivity index (χ0n) is 11.2. The lowest BCUT2D eigenvalue weighted by Gasteiger charge is -2.12. The monoisotopic (exact) mass is 316 g/mol. The molecule has 0 atom stereocenters. The summed E-state index contributed by atoms with van der Waals surface area (Å²) in [5, 5.41) is 0.669. The molecule has 3 rings (SSSR count). The minimum Gasteiger partial charge on any atom is -0.494 e. The van der Waals surface area contributed by atoms with Gasteiger partial charge in [-0.15, -0.1) is 0 Å². The Kier molecular flexibility index (Phi) is 3.48. The summed E-state index contributed by atoms with van der Waals surface area (Å²) in [5.41, 5.74) is 6.90. The van der Waals surface area contributed by atoms with Gasteiger partial charge in [0.1, 0.15) is 16.4 Å². The third-order valence-electron chi connectivity index (χ3n) is 3.18. The molecule has 1 heterocycles. The number of nitrogens with zero attached hydrogens (tertiary/aromatic N) is 1. The van der Waals surface area contributed by atoms with E-state index in [1.807, 2.05) is 18.2 Å². The molecule has 2 N–H and O–H groups in total. The summed E-state index contributed by atoms with van der Waals surface area (Å²) in [6.07, 6.45) is 0. The molecule has 0 aliphatic heterocycles. The van der Waals surface area contributed by atoms with Gasteiger partial charge < -0.3 is 10.5 Å². The lowest BCUT2D eigenvalue weighted by molar-refractivity contribution is 0.413. The minimum atomic E-state index is -0.0994. The Labute approximate surface area is 130 Å². The van der Waals surface area contributed by atoms with E-state index in [0.29, 0.717) is 22.4 Å². The van der Waals surface area contributed by atoms with Gasteiger partial charge in [-0.2, -0.15) is 0 Å². The number of hydrogen-bond donors (Lipinski definition) is 1. The van der Waals surface area contributed by atoms with Gasteiger partial charge in [0, 0.05) is 5.56 Å². The van der Waals surface area contributed by atoms with Crippen LogP contribution in [-0.4, -0.2) is 16.1 Å². The van der Waals surface area contributed by atoms with E-state index in [9.17, 15) is 4.79 Å². The maximum Gasteiger partial charge on any atom is 0.273 e. The van der Waals surface area contributed by atoms with E-state index in [2.05, 4.69) is 0 Å². The molecule has 1 aromatic heterocycles. The van der Waals surface area contributed by atoms with Crippen molar-refractivity contribution in [2.75, 3.05) is 7.11 Å². The molecule has 0 fully saturated rings. The number of thiocarbonyl (C=S) groups is 1. The smallest absolute Gasteiger partial charge is 0.273 e. The van der Waals surface area contributed by atoms with E-state index in [4.69, 9.17) is 22.7 Å². The van der Waals surface area contributed by atoms with Crippen molar-refractivity contribution in [2.45, 2.75) is 0 Å². The number of nitrogens with two attached hydrogens (primary N) is 1. The molecule has 21 heavy (non-hydrogen) atoms. The molecule has 106 valence electrons. The van der Waals surface area contributed by atoms with Crippen molar-refractivity contribution in [3.05, 3.63) is 58.4 Å². The van der Waals surface area contributed by atoms with Gasteiger partial charge in [-0.3, -0.25) is 4.79 Å². The summed E-state index contributed by atoms with van der Waals surface area (Å²) in [5.74, 6) is 0.564. The number of methoxy groups -OCH3 is 1. The molecule has 0 spiro atoms. The van der Waals surface area contributed by atoms with Crippen molar-refractivity contribution in [2.24, 2.45) is 5.73 Å². The van der Waals surface area contributed by atoms with Crippen LogP contribution in [0.5, 0.6) is 5.75 Å². The van der Waals surface area contributed by atoms with Crippen LogP contribution in [-0.2, 0) is 0 Å². The van der Waals surface area contributed by atoms with Gasteiger partial charge in [-0.1, -0.05) is 41.9 Å². The zero-order valence-corrected chi connectivity index (χ0v) is 12.8. The molecule has 0 radical (unpaired) electrons. The van der Waals surface area contributed by atoms with Crippen molar-refractivity contribution >= 4 is 38.8 Å². The van der Waals surface area contributed by atoms with E-state index < -0.39 is 0 Å². The van der Waals surface area contributed by atoms with Crippen LogP contribution >= 0.6 is 23.8 Å². The molecule has 0 aliphatic rings. The normalized spacial score (nSPS) is 10.7. The molecule has 3 aromatic rings. The molecular formula is C15H12N2O2S2. The van der Waals surface area contributed by atoms with Crippen LogP contribution in [0.25, 0.3) is 15.8 Å². The summed E-state index contributed by atoms with van der Waals surface area (Å²) in [4.78, 5) is 12.8. The van der Waals surface area contributed by atoms with Crippen LogP contribution in [0.3, 0.4) is 0 Å². The van der Waals surface area contributed by atoms with Gasteiger partial charge in [-0.05, 0) is 24.3 Å². The highest BCUT2D eigenvalue weighted by molar-refractivity contribution is 7.80. The van der Waals surface area contributed by atoms with Crippen molar-refractivity contribution < 1.29 is 4.74 Å². The maximum atomic E-state index is 12.6. The zero-order chi connectivity index (χ0) is 15.0. The van der Waals surface area contributed by atoms with Gasteiger partial charge in [0.25, 0.3) is 5.56 Å². The number of fused-ring (bicyclic) bond motifs is 1. The van der Waals surface area contributed by atoms with Crippen LogP contribution in [0.2, 0.25) is 0 Å². The van der Waals surface area contributed by atoms with E-state index in [1.165, 1.54) is 11.5 Å². The Morgan fingerprint density at radius 2 is 2.00 bits per heavy atom. The van der Waals surface area contributed by atoms with E-state index in [0.717, 1.165) is 4.70 Å². The van der Waals surface area contributed by atoms with Crippen LogP contribution in [0.15, 0.2) is 47.3 Å². The first-order valence-corrected chi connectivity index (χ1v) is 7.40. The Morgan fingerprint density at radius 1 is 1.24 bits per heavy atom. The fraction of sp³-hybridized carbons (Fsp3) is 0.0667. The van der Waals surface area contributed by atoms with E-state index in [1.54, 1.807) is 35.3 Å². The third-order valence-corrected chi connectivity index (χ3v) is 4.48. The van der Waals surface area contributed by atoms with Crippen molar-refractivity contribution in [1.29, 1.82) is 0 Å². The molecule has 0 unspecified atom stereocenters. The Balaban J connectivity index is 2.40. The van der Waals surface area contributed by atoms with Gasteiger partial charge in [0.2, 0.25) is 0 Å². The Bertz CT molecular complexity index is 896. The highest BCUT2D eigenvalue weighted by Gasteiger charge is 2.17. The van der Waals surface area contributed by atoms with Crippen LogP contribution in [0.1, 0.15) is 5.56 Å². The fourth-order valence-electron chi connectivity index (χ4n) is 2.21.